The number of benzene rings is 1. The molecular formula is C13H9F6NO5. The van der Waals surface area contributed by atoms with Crippen LogP contribution in [-0.2, 0) is 26.6 Å². The van der Waals surface area contributed by atoms with E-state index < -0.39 is 54.3 Å². The smallest absolute Gasteiger partial charge is 0.438 e. The second kappa shape index (κ2) is 6.33. The van der Waals surface area contributed by atoms with Crippen molar-refractivity contribution in [3.63, 3.8) is 0 Å². The Morgan fingerprint density at radius 2 is 1.64 bits per heavy atom. The van der Waals surface area contributed by atoms with Crippen molar-refractivity contribution in [1.29, 1.82) is 0 Å². The first-order chi connectivity index (χ1) is 11.4. The van der Waals surface area contributed by atoms with E-state index in [1.165, 1.54) is 0 Å². The van der Waals surface area contributed by atoms with Gasteiger partial charge in [-0.25, -0.2) is 9.59 Å². The highest BCUT2D eigenvalue weighted by atomic mass is 19.4. The van der Waals surface area contributed by atoms with E-state index in [4.69, 9.17) is 0 Å². The third-order valence-corrected chi connectivity index (χ3v) is 3.06. The fourth-order valence-electron chi connectivity index (χ4n) is 1.96. The van der Waals surface area contributed by atoms with Crippen LogP contribution in [0.25, 0.3) is 0 Å². The Kier molecular flexibility index (Phi) is 4.73. The van der Waals surface area contributed by atoms with Crippen molar-refractivity contribution in [2.75, 3.05) is 18.6 Å². The van der Waals surface area contributed by atoms with Crippen molar-refractivity contribution >= 4 is 17.9 Å². The standard InChI is InChI=1S/C13H9F6NO5/c1-23-11(22)25-9-5-20(10(21)24-9)8-3-6(12(14,15)16)2-7(4-8)13(17,18)19/h2-4,9H,5H2,1H3. The summed E-state index contributed by atoms with van der Waals surface area (Å²) in [6.07, 6.45) is -14.2. The normalized spacial score (nSPS) is 18.1. The van der Waals surface area contributed by atoms with Crippen LogP contribution in [0, 0.1) is 0 Å². The largest absolute Gasteiger partial charge is 0.511 e. The number of hydrogen-bond acceptors (Lipinski definition) is 5. The highest BCUT2D eigenvalue weighted by Gasteiger charge is 2.40. The first-order valence-corrected chi connectivity index (χ1v) is 6.44. The molecule has 0 N–H and O–H groups in total. The zero-order chi connectivity index (χ0) is 19.0. The lowest BCUT2D eigenvalue weighted by atomic mass is 10.1. The average molecular weight is 373 g/mol. The van der Waals surface area contributed by atoms with Gasteiger partial charge in [0.1, 0.15) is 6.54 Å². The van der Waals surface area contributed by atoms with Crippen molar-refractivity contribution in [3.8, 4) is 0 Å². The summed E-state index contributed by atoms with van der Waals surface area (Å²) in [5.41, 5.74) is -3.90. The third-order valence-electron chi connectivity index (χ3n) is 3.06. The Morgan fingerprint density at radius 3 is 2.08 bits per heavy atom. The van der Waals surface area contributed by atoms with Crippen LogP contribution in [0.5, 0.6) is 0 Å². The molecule has 1 fully saturated rings. The molecule has 1 heterocycles. The van der Waals surface area contributed by atoms with Gasteiger partial charge in [-0.2, -0.15) is 26.3 Å². The van der Waals surface area contributed by atoms with Crippen LogP contribution in [0.4, 0.5) is 41.6 Å². The van der Waals surface area contributed by atoms with Gasteiger partial charge in [0.15, 0.2) is 0 Å². The highest BCUT2D eigenvalue weighted by molar-refractivity contribution is 5.90. The van der Waals surface area contributed by atoms with Gasteiger partial charge in [-0.15, -0.1) is 0 Å². The first-order valence-electron chi connectivity index (χ1n) is 6.44. The minimum atomic E-state index is -5.07. The number of carbonyl (C=O) groups is 2. The summed E-state index contributed by atoms with van der Waals surface area (Å²) in [5.74, 6) is 0. The Morgan fingerprint density at radius 1 is 1.12 bits per heavy atom. The van der Waals surface area contributed by atoms with Crippen molar-refractivity contribution in [2.24, 2.45) is 0 Å². The van der Waals surface area contributed by atoms with E-state index in [0.717, 1.165) is 7.11 Å². The van der Waals surface area contributed by atoms with Gasteiger partial charge < -0.3 is 14.2 Å². The predicted octanol–water partition coefficient (Wildman–Crippen LogP) is 3.79. The van der Waals surface area contributed by atoms with Crippen LogP contribution in [0.1, 0.15) is 11.1 Å². The van der Waals surface area contributed by atoms with Crippen molar-refractivity contribution < 1.29 is 50.1 Å². The lowest BCUT2D eigenvalue weighted by Gasteiger charge is -2.18. The van der Waals surface area contributed by atoms with E-state index in [0.29, 0.717) is 17.0 Å². The van der Waals surface area contributed by atoms with Gasteiger partial charge in [0.05, 0.1) is 18.2 Å². The van der Waals surface area contributed by atoms with Gasteiger partial charge in [-0.05, 0) is 18.2 Å². The van der Waals surface area contributed by atoms with E-state index in [1.54, 1.807) is 0 Å². The summed E-state index contributed by atoms with van der Waals surface area (Å²) in [6, 6.07) is 0.640. The van der Waals surface area contributed by atoms with Crippen molar-refractivity contribution in [2.45, 2.75) is 18.6 Å². The summed E-state index contributed by atoms with van der Waals surface area (Å²) in [5, 5.41) is 0. The molecule has 138 valence electrons. The number of rotatable bonds is 2. The molecule has 0 bridgehead atoms. The average Bonchev–Trinajstić information content (AvgIpc) is 2.85. The van der Waals surface area contributed by atoms with E-state index in [1.807, 2.05) is 0 Å². The summed E-state index contributed by atoms with van der Waals surface area (Å²) in [4.78, 5) is 23.1. The Balaban J connectivity index is 2.38. The molecule has 0 radical (unpaired) electrons. The van der Waals surface area contributed by atoms with Gasteiger partial charge in [0.25, 0.3) is 6.29 Å². The maximum atomic E-state index is 12.8. The fraction of sp³-hybridized carbons (Fsp3) is 0.385. The Hall–Kier alpha value is -2.66. The monoisotopic (exact) mass is 373 g/mol. The SMILES string of the molecule is COC(=O)OC1CN(c2cc(C(F)(F)F)cc(C(F)(F)F)c2)C(=O)O1. The number of carbonyl (C=O) groups excluding carboxylic acids is 2. The highest BCUT2D eigenvalue weighted by Crippen LogP contribution is 2.39. The fourth-order valence-corrected chi connectivity index (χ4v) is 1.96. The molecular weight excluding hydrogens is 364 g/mol. The molecule has 1 aromatic rings. The number of amides is 1. The molecule has 0 spiro atoms. The first kappa shape index (κ1) is 18.7. The molecule has 1 atom stereocenters. The minimum absolute atomic E-state index is 0.0761. The zero-order valence-corrected chi connectivity index (χ0v) is 12.3. The minimum Gasteiger partial charge on any atom is -0.438 e. The lowest BCUT2D eigenvalue weighted by Crippen LogP contribution is -2.27. The molecule has 2 rings (SSSR count). The maximum absolute atomic E-state index is 12.8. The molecule has 25 heavy (non-hydrogen) atoms. The molecule has 0 aromatic heterocycles. The number of hydrogen-bond donors (Lipinski definition) is 0. The van der Waals surface area contributed by atoms with Crippen LogP contribution in [-0.4, -0.2) is 32.2 Å². The number of anilines is 1. The molecule has 0 aliphatic carbocycles. The Labute approximate surface area is 135 Å². The van der Waals surface area contributed by atoms with Crippen molar-refractivity contribution in [1.82, 2.24) is 0 Å². The van der Waals surface area contributed by atoms with E-state index >= 15 is 0 Å². The molecule has 1 unspecified atom stereocenters. The van der Waals surface area contributed by atoms with Crippen molar-refractivity contribution in [3.05, 3.63) is 29.3 Å². The molecule has 0 saturated carbocycles. The van der Waals surface area contributed by atoms with Crippen LogP contribution >= 0.6 is 0 Å². The second-order valence-corrected chi connectivity index (χ2v) is 4.76. The van der Waals surface area contributed by atoms with E-state index in [-0.39, 0.29) is 6.07 Å². The van der Waals surface area contributed by atoms with Gasteiger partial charge in [0, 0.05) is 5.69 Å². The molecule has 1 amide bonds. The lowest BCUT2D eigenvalue weighted by molar-refractivity contribution is -0.143. The topological polar surface area (TPSA) is 65.1 Å². The van der Waals surface area contributed by atoms with Gasteiger partial charge in [-0.1, -0.05) is 0 Å². The Bertz CT molecular complexity index is 654. The summed E-state index contributed by atoms with van der Waals surface area (Å²) < 4.78 is 90.1. The van der Waals surface area contributed by atoms with Crippen LogP contribution < -0.4 is 4.90 Å². The number of nitrogens with zero attached hydrogens (tertiary/aromatic N) is 1. The third kappa shape index (κ3) is 4.25. The van der Waals surface area contributed by atoms with Gasteiger partial charge in [-0.3, -0.25) is 4.90 Å². The zero-order valence-electron chi connectivity index (χ0n) is 12.3. The number of cyclic esters (lactones) is 1. The molecule has 1 aliphatic heterocycles. The number of halogens is 6. The summed E-state index contributed by atoms with van der Waals surface area (Å²) in [7, 11) is 0.958. The second-order valence-electron chi connectivity index (χ2n) is 4.76. The number of alkyl halides is 6. The molecule has 1 aromatic carbocycles. The van der Waals surface area contributed by atoms with E-state index in [9.17, 15) is 35.9 Å². The van der Waals surface area contributed by atoms with Gasteiger partial charge in [0.2, 0.25) is 0 Å². The maximum Gasteiger partial charge on any atom is 0.511 e. The molecule has 6 nitrogen and oxygen atoms in total. The molecule has 12 heteroatoms. The van der Waals surface area contributed by atoms with Crippen LogP contribution in [0.15, 0.2) is 18.2 Å². The van der Waals surface area contributed by atoms with E-state index in [2.05, 4.69) is 14.2 Å². The summed E-state index contributed by atoms with van der Waals surface area (Å²) >= 11 is 0. The predicted molar refractivity (Wildman–Crippen MR) is 67.6 cm³/mol. The summed E-state index contributed by atoms with van der Waals surface area (Å²) in [6.45, 7) is -0.605. The number of methoxy groups -OCH3 is 1. The van der Waals surface area contributed by atoms with Crippen LogP contribution in [0.2, 0.25) is 0 Å². The van der Waals surface area contributed by atoms with Gasteiger partial charge >= 0.3 is 24.6 Å². The van der Waals surface area contributed by atoms with Crippen LogP contribution in [0.3, 0.4) is 0 Å². The molecule has 1 aliphatic rings. The quantitative estimate of drug-likeness (QED) is 0.583. The number of ether oxygens (including phenoxy) is 3. The molecule has 1 saturated heterocycles.